The van der Waals surface area contributed by atoms with Crippen molar-refractivity contribution in [3.8, 4) is 6.07 Å². The lowest BCUT2D eigenvalue weighted by molar-refractivity contribution is 0.266. The van der Waals surface area contributed by atoms with Crippen LogP contribution in [0.5, 0.6) is 0 Å². The number of nitriles is 1. The Labute approximate surface area is 114 Å². The summed E-state index contributed by atoms with van der Waals surface area (Å²) in [6.07, 6.45) is 0. The average Bonchev–Trinajstić information content (AvgIpc) is 2.71. The minimum Gasteiger partial charge on any atom is -0.369 e. The summed E-state index contributed by atoms with van der Waals surface area (Å²) in [5.74, 6) is 0.599. The first kappa shape index (κ1) is 13.2. The quantitative estimate of drug-likeness (QED) is 0.822. The fourth-order valence-corrected chi connectivity index (χ4v) is 2.86. The van der Waals surface area contributed by atoms with Crippen molar-refractivity contribution in [2.45, 2.75) is 13.0 Å². The van der Waals surface area contributed by atoms with E-state index in [2.05, 4.69) is 36.9 Å². The molecule has 3 nitrogen and oxygen atoms in total. The van der Waals surface area contributed by atoms with Gasteiger partial charge < -0.3 is 9.80 Å². The summed E-state index contributed by atoms with van der Waals surface area (Å²) in [5.41, 5.74) is 1.66. The fraction of sp³-hybridized carbons (Fsp3) is 0.500. The van der Waals surface area contributed by atoms with Crippen molar-refractivity contribution in [1.29, 1.82) is 5.26 Å². The molecular weight excluding hydrogens is 246 g/mol. The largest absolute Gasteiger partial charge is 0.369 e. The van der Waals surface area contributed by atoms with E-state index in [1.54, 1.807) is 6.07 Å². The lowest BCUT2D eigenvalue weighted by Gasteiger charge is -2.23. The molecule has 0 saturated carbocycles. The second-order valence-corrected chi connectivity index (χ2v) is 5.62. The van der Waals surface area contributed by atoms with Crippen molar-refractivity contribution in [1.82, 2.24) is 4.90 Å². The van der Waals surface area contributed by atoms with Crippen molar-refractivity contribution in [2.75, 3.05) is 32.1 Å². The van der Waals surface area contributed by atoms with Gasteiger partial charge in [-0.15, -0.1) is 0 Å². The van der Waals surface area contributed by atoms with Gasteiger partial charge in [0.25, 0.3) is 0 Å². The number of anilines is 1. The molecule has 1 aliphatic heterocycles. The third kappa shape index (κ3) is 2.45. The summed E-state index contributed by atoms with van der Waals surface area (Å²) < 4.78 is 0. The third-order valence-electron chi connectivity index (χ3n) is 3.66. The van der Waals surface area contributed by atoms with Crippen LogP contribution in [0.25, 0.3) is 0 Å². The lowest BCUT2D eigenvalue weighted by Crippen LogP contribution is -2.34. The zero-order chi connectivity index (χ0) is 13.3. The van der Waals surface area contributed by atoms with Gasteiger partial charge in [-0.1, -0.05) is 18.5 Å². The van der Waals surface area contributed by atoms with E-state index in [0.29, 0.717) is 22.5 Å². The van der Waals surface area contributed by atoms with Crippen molar-refractivity contribution in [3.63, 3.8) is 0 Å². The number of benzene rings is 1. The van der Waals surface area contributed by atoms with Crippen LogP contribution >= 0.6 is 11.6 Å². The van der Waals surface area contributed by atoms with E-state index in [0.717, 1.165) is 18.8 Å². The first-order valence-electron chi connectivity index (χ1n) is 6.14. The van der Waals surface area contributed by atoms with Gasteiger partial charge in [0.1, 0.15) is 6.07 Å². The maximum atomic E-state index is 9.20. The normalized spacial score (nSPS) is 23.4. The summed E-state index contributed by atoms with van der Waals surface area (Å²) >= 11 is 5.93. The number of likely N-dealkylation sites (N-methyl/N-ethyl adjacent to an activating group) is 1. The maximum absolute atomic E-state index is 9.20. The lowest BCUT2D eigenvalue weighted by atomic mass is 10.1. The zero-order valence-electron chi connectivity index (χ0n) is 11.0. The molecule has 4 heteroatoms. The SMILES string of the molecule is CC1CN(c2ccc(Cl)cc2C#N)CC1N(C)C. The van der Waals surface area contributed by atoms with Gasteiger partial charge in [0.2, 0.25) is 0 Å². The van der Waals surface area contributed by atoms with Gasteiger partial charge in [-0.3, -0.25) is 0 Å². The van der Waals surface area contributed by atoms with Crippen LogP contribution in [0.15, 0.2) is 18.2 Å². The highest BCUT2D eigenvalue weighted by atomic mass is 35.5. The predicted molar refractivity (Wildman–Crippen MR) is 75.0 cm³/mol. The van der Waals surface area contributed by atoms with Crippen molar-refractivity contribution in [3.05, 3.63) is 28.8 Å². The second-order valence-electron chi connectivity index (χ2n) is 5.19. The summed E-state index contributed by atoms with van der Waals surface area (Å²) in [6, 6.07) is 8.31. The highest BCUT2D eigenvalue weighted by Gasteiger charge is 2.31. The van der Waals surface area contributed by atoms with E-state index in [1.165, 1.54) is 0 Å². The molecule has 2 atom stereocenters. The zero-order valence-corrected chi connectivity index (χ0v) is 11.8. The first-order valence-corrected chi connectivity index (χ1v) is 6.51. The molecule has 0 radical (unpaired) electrons. The van der Waals surface area contributed by atoms with Crippen LogP contribution in [-0.4, -0.2) is 38.1 Å². The molecule has 2 rings (SSSR count). The highest BCUT2D eigenvalue weighted by molar-refractivity contribution is 6.30. The van der Waals surface area contributed by atoms with Crippen molar-refractivity contribution in [2.24, 2.45) is 5.92 Å². The van der Waals surface area contributed by atoms with E-state index >= 15 is 0 Å². The molecule has 96 valence electrons. The molecule has 1 aliphatic rings. The minimum absolute atomic E-state index is 0.534. The van der Waals surface area contributed by atoms with E-state index in [9.17, 15) is 5.26 Å². The van der Waals surface area contributed by atoms with Crippen LogP contribution < -0.4 is 4.90 Å². The molecule has 1 saturated heterocycles. The van der Waals surface area contributed by atoms with Gasteiger partial charge in [0.15, 0.2) is 0 Å². The van der Waals surface area contributed by atoms with Crippen LogP contribution in [0.4, 0.5) is 5.69 Å². The number of halogens is 1. The molecule has 0 amide bonds. The Morgan fingerprint density at radius 1 is 1.39 bits per heavy atom. The van der Waals surface area contributed by atoms with Crippen LogP contribution in [0.2, 0.25) is 5.02 Å². The van der Waals surface area contributed by atoms with Gasteiger partial charge in [-0.05, 0) is 38.2 Å². The standard InChI is InChI=1S/C14H18ClN3/c1-10-8-18(9-14(10)17(2)3)13-5-4-12(15)6-11(13)7-16/h4-6,10,14H,8-9H2,1-3H3. The number of rotatable bonds is 2. The molecule has 0 spiro atoms. The van der Waals surface area contributed by atoms with E-state index in [-0.39, 0.29) is 0 Å². The maximum Gasteiger partial charge on any atom is 0.101 e. The molecule has 1 aromatic rings. The molecule has 1 aromatic carbocycles. The molecule has 18 heavy (non-hydrogen) atoms. The third-order valence-corrected chi connectivity index (χ3v) is 3.89. The van der Waals surface area contributed by atoms with Crippen LogP contribution in [0.3, 0.4) is 0 Å². The van der Waals surface area contributed by atoms with E-state index < -0.39 is 0 Å². The summed E-state index contributed by atoms with van der Waals surface area (Å²) in [6.45, 7) is 4.20. The Bertz CT molecular complexity index is 478. The molecule has 0 N–H and O–H groups in total. The van der Waals surface area contributed by atoms with Crippen LogP contribution in [0.1, 0.15) is 12.5 Å². The van der Waals surface area contributed by atoms with Gasteiger partial charge >= 0.3 is 0 Å². The second kappa shape index (κ2) is 5.17. The Morgan fingerprint density at radius 2 is 2.11 bits per heavy atom. The van der Waals surface area contributed by atoms with Gasteiger partial charge in [-0.25, -0.2) is 0 Å². The van der Waals surface area contributed by atoms with Crippen molar-refractivity contribution >= 4 is 17.3 Å². The molecule has 2 unspecified atom stereocenters. The Morgan fingerprint density at radius 3 is 2.67 bits per heavy atom. The number of hydrogen-bond acceptors (Lipinski definition) is 3. The smallest absolute Gasteiger partial charge is 0.101 e. The highest BCUT2D eigenvalue weighted by Crippen LogP contribution is 2.30. The Balaban J connectivity index is 2.27. The number of nitrogens with zero attached hydrogens (tertiary/aromatic N) is 3. The molecule has 0 aliphatic carbocycles. The first-order chi connectivity index (χ1) is 8.52. The van der Waals surface area contributed by atoms with Gasteiger partial charge in [0, 0.05) is 24.2 Å². The summed E-state index contributed by atoms with van der Waals surface area (Å²) in [5, 5.41) is 9.82. The number of hydrogen-bond donors (Lipinski definition) is 0. The molecule has 1 heterocycles. The van der Waals surface area contributed by atoms with Gasteiger partial charge in [0.05, 0.1) is 11.3 Å². The molecule has 0 bridgehead atoms. The van der Waals surface area contributed by atoms with E-state index in [4.69, 9.17) is 11.6 Å². The van der Waals surface area contributed by atoms with Crippen LogP contribution in [0, 0.1) is 17.2 Å². The average molecular weight is 264 g/mol. The topological polar surface area (TPSA) is 30.3 Å². The van der Waals surface area contributed by atoms with Crippen molar-refractivity contribution < 1.29 is 0 Å². The predicted octanol–water partition coefficient (Wildman–Crippen LogP) is 2.60. The summed E-state index contributed by atoms with van der Waals surface area (Å²) in [7, 11) is 4.22. The Hall–Kier alpha value is -1.24. The van der Waals surface area contributed by atoms with Gasteiger partial charge in [-0.2, -0.15) is 5.26 Å². The monoisotopic (exact) mass is 263 g/mol. The molecule has 1 fully saturated rings. The minimum atomic E-state index is 0.534. The van der Waals surface area contributed by atoms with Crippen LogP contribution in [-0.2, 0) is 0 Å². The Kier molecular flexibility index (Phi) is 3.79. The van der Waals surface area contributed by atoms with E-state index in [1.807, 2.05) is 12.1 Å². The molecule has 0 aromatic heterocycles. The molecular formula is C14H18ClN3. The summed E-state index contributed by atoms with van der Waals surface area (Å²) in [4.78, 5) is 4.54. The fourth-order valence-electron chi connectivity index (χ4n) is 2.69.